The van der Waals surface area contributed by atoms with Crippen LogP contribution in [0.3, 0.4) is 0 Å². The second-order valence-electron chi connectivity index (χ2n) is 5.63. The summed E-state index contributed by atoms with van der Waals surface area (Å²) >= 11 is 0. The van der Waals surface area contributed by atoms with Crippen LogP contribution in [0.2, 0.25) is 0 Å². The molecule has 1 aliphatic rings. The SMILES string of the molecule is CC(C)Oc1cccc(CC2CCCCC2O)c1. The zero-order chi connectivity index (χ0) is 13.0. The van der Waals surface area contributed by atoms with Gasteiger partial charge in [-0.25, -0.2) is 0 Å². The molecule has 0 saturated heterocycles. The minimum absolute atomic E-state index is 0.117. The van der Waals surface area contributed by atoms with E-state index in [2.05, 4.69) is 12.1 Å². The molecule has 1 N–H and O–H groups in total. The van der Waals surface area contributed by atoms with E-state index in [1.165, 1.54) is 18.4 Å². The van der Waals surface area contributed by atoms with E-state index in [1.807, 2.05) is 26.0 Å². The van der Waals surface area contributed by atoms with Gasteiger partial charge in [0.05, 0.1) is 12.2 Å². The summed E-state index contributed by atoms with van der Waals surface area (Å²) in [5.74, 6) is 1.36. The number of hydrogen-bond donors (Lipinski definition) is 1. The van der Waals surface area contributed by atoms with Crippen LogP contribution in [-0.4, -0.2) is 17.3 Å². The van der Waals surface area contributed by atoms with Crippen LogP contribution < -0.4 is 4.74 Å². The van der Waals surface area contributed by atoms with Crippen LogP contribution in [0.4, 0.5) is 0 Å². The third kappa shape index (κ3) is 3.74. The summed E-state index contributed by atoms with van der Waals surface area (Å²) in [7, 11) is 0. The van der Waals surface area contributed by atoms with E-state index in [0.29, 0.717) is 5.92 Å². The van der Waals surface area contributed by atoms with Crippen LogP contribution >= 0.6 is 0 Å². The van der Waals surface area contributed by atoms with E-state index in [-0.39, 0.29) is 12.2 Å². The van der Waals surface area contributed by atoms with Crippen LogP contribution in [0.15, 0.2) is 24.3 Å². The van der Waals surface area contributed by atoms with Crippen LogP contribution in [0.5, 0.6) is 5.75 Å². The topological polar surface area (TPSA) is 29.5 Å². The molecule has 0 amide bonds. The second kappa shape index (κ2) is 6.24. The highest BCUT2D eigenvalue weighted by Crippen LogP contribution is 2.28. The number of hydrogen-bond acceptors (Lipinski definition) is 2. The minimum atomic E-state index is -0.117. The zero-order valence-corrected chi connectivity index (χ0v) is 11.4. The Balaban J connectivity index is 1.99. The van der Waals surface area contributed by atoms with Gasteiger partial charge in [0.1, 0.15) is 5.75 Å². The first kappa shape index (κ1) is 13.4. The number of benzene rings is 1. The van der Waals surface area contributed by atoms with Gasteiger partial charge in [0, 0.05) is 0 Å². The largest absolute Gasteiger partial charge is 0.491 e. The molecule has 2 rings (SSSR count). The average molecular weight is 248 g/mol. The quantitative estimate of drug-likeness (QED) is 0.882. The number of aliphatic hydroxyl groups is 1. The van der Waals surface area contributed by atoms with Gasteiger partial charge in [-0.2, -0.15) is 0 Å². The highest BCUT2D eigenvalue weighted by molar-refractivity contribution is 5.29. The van der Waals surface area contributed by atoms with Gasteiger partial charge in [-0.05, 0) is 56.7 Å². The van der Waals surface area contributed by atoms with E-state index in [1.54, 1.807) is 0 Å². The molecule has 100 valence electrons. The van der Waals surface area contributed by atoms with E-state index in [9.17, 15) is 5.11 Å². The monoisotopic (exact) mass is 248 g/mol. The Labute approximate surface area is 110 Å². The van der Waals surface area contributed by atoms with E-state index in [4.69, 9.17) is 4.74 Å². The molecule has 1 aliphatic carbocycles. The maximum absolute atomic E-state index is 10.0. The van der Waals surface area contributed by atoms with Crippen molar-refractivity contribution in [2.75, 3.05) is 0 Å². The van der Waals surface area contributed by atoms with Crippen LogP contribution in [0.1, 0.15) is 45.1 Å². The van der Waals surface area contributed by atoms with Gasteiger partial charge < -0.3 is 9.84 Å². The Bertz CT molecular complexity index is 373. The van der Waals surface area contributed by atoms with Crippen LogP contribution in [-0.2, 0) is 6.42 Å². The first-order valence-electron chi connectivity index (χ1n) is 7.09. The molecule has 1 aromatic carbocycles. The molecule has 0 aliphatic heterocycles. The van der Waals surface area contributed by atoms with Crippen LogP contribution in [0, 0.1) is 5.92 Å². The van der Waals surface area contributed by atoms with Gasteiger partial charge in [-0.3, -0.25) is 0 Å². The highest BCUT2D eigenvalue weighted by atomic mass is 16.5. The smallest absolute Gasteiger partial charge is 0.119 e. The van der Waals surface area contributed by atoms with Crippen molar-refractivity contribution in [3.8, 4) is 5.75 Å². The summed E-state index contributed by atoms with van der Waals surface area (Å²) in [6, 6.07) is 8.29. The fourth-order valence-electron chi connectivity index (χ4n) is 2.75. The van der Waals surface area contributed by atoms with E-state index >= 15 is 0 Å². The fraction of sp³-hybridized carbons (Fsp3) is 0.625. The summed E-state index contributed by atoms with van der Waals surface area (Å²) in [6.07, 6.45) is 5.60. The van der Waals surface area contributed by atoms with Crippen molar-refractivity contribution < 1.29 is 9.84 Å². The Morgan fingerprint density at radius 1 is 1.28 bits per heavy atom. The summed E-state index contributed by atoms with van der Waals surface area (Å²) < 4.78 is 5.71. The molecule has 1 saturated carbocycles. The van der Waals surface area contributed by atoms with Gasteiger partial charge in [0.15, 0.2) is 0 Å². The lowest BCUT2D eigenvalue weighted by molar-refractivity contribution is 0.0700. The van der Waals surface area contributed by atoms with Crippen molar-refractivity contribution in [1.82, 2.24) is 0 Å². The average Bonchev–Trinajstić information content (AvgIpc) is 2.32. The summed E-state index contributed by atoms with van der Waals surface area (Å²) in [5.41, 5.74) is 1.28. The fourth-order valence-corrected chi connectivity index (χ4v) is 2.75. The van der Waals surface area contributed by atoms with Crippen molar-refractivity contribution in [3.63, 3.8) is 0 Å². The third-order valence-corrected chi connectivity index (χ3v) is 3.64. The van der Waals surface area contributed by atoms with Gasteiger partial charge in [0.2, 0.25) is 0 Å². The van der Waals surface area contributed by atoms with E-state index in [0.717, 1.165) is 25.0 Å². The van der Waals surface area contributed by atoms with Crippen molar-refractivity contribution in [2.24, 2.45) is 5.92 Å². The lowest BCUT2D eigenvalue weighted by Crippen LogP contribution is -2.26. The lowest BCUT2D eigenvalue weighted by atomic mass is 9.82. The van der Waals surface area contributed by atoms with Gasteiger partial charge >= 0.3 is 0 Å². The normalized spacial score (nSPS) is 24.2. The van der Waals surface area contributed by atoms with Gasteiger partial charge in [0.25, 0.3) is 0 Å². The Morgan fingerprint density at radius 2 is 2.06 bits per heavy atom. The number of aliphatic hydroxyl groups excluding tert-OH is 1. The van der Waals surface area contributed by atoms with Crippen LogP contribution in [0.25, 0.3) is 0 Å². The summed E-state index contributed by atoms with van der Waals surface area (Å²) in [6.45, 7) is 4.08. The Morgan fingerprint density at radius 3 is 2.78 bits per heavy atom. The molecule has 2 heteroatoms. The van der Waals surface area contributed by atoms with E-state index < -0.39 is 0 Å². The first-order valence-corrected chi connectivity index (χ1v) is 7.09. The Kier molecular flexibility index (Phi) is 4.65. The molecule has 0 aromatic heterocycles. The van der Waals surface area contributed by atoms with Gasteiger partial charge in [-0.1, -0.05) is 25.0 Å². The highest BCUT2D eigenvalue weighted by Gasteiger charge is 2.23. The number of ether oxygens (including phenoxy) is 1. The molecule has 0 radical (unpaired) electrons. The molecule has 0 bridgehead atoms. The molecular formula is C16H24O2. The maximum atomic E-state index is 10.0. The standard InChI is InChI=1S/C16H24O2/c1-12(2)18-15-8-5-6-13(11-15)10-14-7-3-4-9-16(14)17/h5-6,8,11-12,14,16-17H,3-4,7,9-10H2,1-2H3. The predicted octanol–water partition coefficient (Wildman–Crippen LogP) is 3.57. The van der Waals surface area contributed by atoms with Crippen molar-refractivity contribution in [1.29, 1.82) is 0 Å². The molecule has 18 heavy (non-hydrogen) atoms. The predicted molar refractivity (Wildman–Crippen MR) is 73.9 cm³/mol. The lowest BCUT2D eigenvalue weighted by Gasteiger charge is -2.27. The van der Waals surface area contributed by atoms with Crippen molar-refractivity contribution >= 4 is 0 Å². The minimum Gasteiger partial charge on any atom is -0.491 e. The first-order chi connectivity index (χ1) is 8.65. The number of rotatable bonds is 4. The second-order valence-corrected chi connectivity index (χ2v) is 5.63. The molecule has 0 spiro atoms. The molecule has 1 fully saturated rings. The molecule has 0 heterocycles. The third-order valence-electron chi connectivity index (χ3n) is 3.64. The van der Waals surface area contributed by atoms with Crippen molar-refractivity contribution in [3.05, 3.63) is 29.8 Å². The maximum Gasteiger partial charge on any atom is 0.119 e. The molecular weight excluding hydrogens is 224 g/mol. The molecule has 1 aromatic rings. The van der Waals surface area contributed by atoms with Crippen molar-refractivity contribution in [2.45, 2.75) is 58.2 Å². The van der Waals surface area contributed by atoms with Gasteiger partial charge in [-0.15, -0.1) is 0 Å². The zero-order valence-electron chi connectivity index (χ0n) is 11.4. The Hall–Kier alpha value is -1.02. The molecule has 2 nitrogen and oxygen atoms in total. The summed E-state index contributed by atoms with van der Waals surface area (Å²) in [4.78, 5) is 0. The summed E-state index contributed by atoms with van der Waals surface area (Å²) in [5, 5.41) is 10.0. The molecule has 2 atom stereocenters. The molecule has 2 unspecified atom stereocenters.